The van der Waals surface area contributed by atoms with Crippen LogP contribution in [0, 0.1) is 0 Å². The van der Waals surface area contributed by atoms with Gasteiger partial charge in [-0.2, -0.15) is 5.10 Å². The predicted octanol–water partition coefficient (Wildman–Crippen LogP) is 2.45. The smallest absolute Gasteiger partial charge is 0.275 e. The number of aromatic nitrogens is 2. The number of amides is 3. The Labute approximate surface area is 210 Å². The summed E-state index contributed by atoms with van der Waals surface area (Å²) in [5, 5.41) is 7.88. The Bertz CT molecular complexity index is 1230. The molecule has 2 aromatic carbocycles. The molecule has 3 amide bonds. The van der Waals surface area contributed by atoms with Crippen molar-refractivity contribution in [1.82, 2.24) is 24.9 Å². The van der Waals surface area contributed by atoms with Gasteiger partial charge in [0.15, 0.2) is 5.69 Å². The number of hydrogen-bond donors (Lipinski definition) is 1. The lowest BCUT2D eigenvalue weighted by molar-refractivity contribution is -0.131. The number of H-pyrrole nitrogens is 1. The van der Waals surface area contributed by atoms with E-state index < -0.39 is 0 Å². The summed E-state index contributed by atoms with van der Waals surface area (Å²) < 4.78 is 6.23. The van der Waals surface area contributed by atoms with E-state index in [1.165, 1.54) is 0 Å². The molecule has 2 fully saturated rings. The molecule has 0 spiro atoms. The Kier molecular flexibility index (Phi) is 7.27. The molecule has 188 valence electrons. The quantitative estimate of drug-likeness (QED) is 0.524. The lowest BCUT2D eigenvalue weighted by atomic mass is 10.2. The number of likely N-dealkylation sites (tertiary alicyclic amines) is 1. The number of nitrogens with one attached hydrogen (secondary N) is 1. The third-order valence-corrected chi connectivity index (χ3v) is 6.84. The molecule has 5 rings (SSSR count). The van der Waals surface area contributed by atoms with E-state index in [1.807, 2.05) is 59.5 Å². The van der Waals surface area contributed by atoms with Gasteiger partial charge in [-0.25, -0.2) is 0 Å². The second-order valence-electron chi connectivity index (χ2n) is 9.40. The predicted molar refractivity (Wildman–Crippen MR) is 134 cm³/mol. The molecule has 2 saturated heterocycles. The van der Waals surface area contributed by atoms with Crippen molar-refractivity contribution in [2.45, 2.75) is 32.0 Å². The summed E-state index contributed by atoms with van der Waals surface area (Å²) in [5.74, 6) is -0.232. The van der Waals surface area contributed by atoms with Gasteiger partial charge in [-0.1, -0.05) is 48.5 Å². The van der Waals surface area contributed by atoms with Crippen molar-refractivity contribution < 1.29 is 19.1 Å². The Balaban J connectivity index is 1.30. The first-order chi connectivity index (χ1) is 17.6. The third kappa shape index (κ3) is 5.41. The van der Waals surface area contributed by atoms with Crippen LogP contribution >= 0.6 is 0 Å². The molecule has 2 aliphatic rings. The molecule has 0 aliphatic carbocycles. The van der Waals surface area contributed by atoms with Crippen molar-refractivity contribution in [3.63, 3.8) is 0 Å². The summed E-state index contributed by atoms with van der Waals surface area (Å²) in [6, 6.07) is 17.3. The molecule has 3 aromatic rings. The average Bonchev–Trinajstić information content (AvgIpc) is 3.47. The molecule has 1 aromatic heterocycles. The van der Waals surface area contributed by atoms with Crippen LogP contribution in [0.5, 0.6) is 0 Å². The van der Waals surface area contributed by atoms with E-state index in [2.05, 4.69) is 10.2 Å². The summed E-state index contributed by atoms with van der Waals surface area (Å²) in [7, 11) is 0. The van der Waals surface area contributed by atoms with E-state index >= 15 is 0 Å². The Morgan fingerprint density at radius 2 is 1.75 bits per heavy atom. The van der Waals surface area contributed by atoms with E-state index in [4.69, 9.17) is 4.74 Å². The maximum atomic E-state index is 13.5. The highest BCUT2D eigenvalue weighted by atomic mass is 16.5. The van der Waals surface area contributed by atoms with Crippen molar-refractivity contribution in [2.75, 3.05) is 39.3 Å². The van der Waals surface area contributed by atoms with Gasteiger partial charge >= 0.3 is 0 Å². The van der Waals surface area contributed by atoms with Crippen LogP contribution in [0.3, 0.4) is 0 Å². The minimum absolute atomic E-state index is 0.0339. The number of carbonyl (C=O) groups excluding carboxylic acids is 3. The van der Waals surface area contributed by atoms with Crippen molar-refractivity contribution >= 4 is 28.6 Å². The summed E-state index contributed by atoms with van der Waals surface area (Å²) in [6.07, 6.45) is 1.85. The summed E-state index contributed by atoms with van der Waals surface area (Å²) in [4.78, 5) is 43.9. The highest BCUT2D eigenvalue weighted by Gasteiger charge is 2.33. The summed E-state index contributed by atoms with van der Waals surface area (Å²) >= 11 is 0. The minimum Gasteiger partial charge on any atom is -0.370 e. The average molecular weight is 490 g/mol. The van der Waals surface area contributed by atoms with Crippen molar-refractivity contribution in [3.05, 3.63) is 65.9 Å². The van der Waals surface area contributed by atoms with Gasteiger partial charge in [0.2, 0.25) is 11.8 Å². The second kappa shape index (κ2) is 10.9. The molecule has 0 saturated carbocycles. The highest BCUT2D eigenvalue weighted by Crippen LogP contribution is 2.20. The lowest BCUT2D eigenvalue weighted by Gasteiger charge is -2.25. The monoisotopic (exact) mass is 489 g/mol. The Hall–Kier alpha value is -3.72. The van der Waals surface area contributed by atoms with Gasteiger partial charge in [0.05, 0.1) is 18.2 Å². The van der Waals surface area contributed by atoms with Crippen LogP contribution in [0.25, 0.3) is 10.9 Å². The topological polar surface area (TPSA) is 98.8 Å². The number of carbonyl (C=O) groups is 3. The molecule has 9 nitrogen and oxygen atoms in total. The number of rotatable bonds is 8. The van der Waals surface area contributed by atoms with Crippen molar-refractivity contribution in [3.8, 4) is 0 Å². The molecule has 0 radical (unpaired) electrons. The highest BCUT2D eigenvalue weighted by molar-refractivity contribution is 6.05. The molecule has 1 N–H and O–H groups in total. The van der Waals surface area contributed by atoms with Gasteiger partial charge in [-0.3, -0.25) is 19.5 Å². The first-order valence-electron chi connectivity index (χ1n) is 12.5. The molecule has 1 atom stereocenters. The van der Waals surface area contributed by atoms with E-state index in [0.29, 0.717) is 51.3 Å². The summed E-state index contributed by atoms with van der Waals surface area (Å²) in [5.41, 5.74) is 2.11. The van der Waals surface area contributed by atoms with Crippen LogP contribution in [0.2, 0.25) is 0 Å². The molecule has 36 heavy (non-hydrogen) atoms. The molecular formula is C27H31N5O4. The van der Waals surface area contributed by atoms with Crippen molar-refractivity contribution in [2.24, 2.45) is 0 Å². The lowest BCUT2D eigenvalue weighted by Crippen LogP contribution is -2.40. The zero-order valence-electron chi connectivity index (χ0n) is 20.3. The fraction of sp³-hybridized carbons (Fsp3) is 0.407. The first kappa shape index (κ1) is 24.0. The van der Waals surface area contributed by atoms with Gasteiger partial charge < -0.3 is 19.4 Å². The maximum Gasteiger partial charge on any atom is 0.275 e. The van der Waals surface area contributed by atoms with Gasteiger partial charge in [-0.05, 0) is 24.5 Å². The maximum absolute atomic E-state index is 13.5. The van der Waals surface area contributed by atoms with E-state index in [1.54, 1.807) is 9.80 Å². The van der Waals surface area contributed by atoms with Crippen molar-refractivity contribution in [1.29, 1.82) is 0 Å². The van der Waals surface area contributed by atoms with E-state index in [9.17, 15) is 14.4 Å². The van der Waals surface area contributed by atoms with Gasteiger partial charge in [-0.15, -0.1) is 0 Å². The zero-order chi connectivity index (χ0) is 24.9. The van der Waals surface area contributed by atoms with Crippen LogP contribution in [0.15, 0.2) is 54.6 Å². The number of fused-ring (bicyclic) bond motifs is 1. The minimum atomic E-state index is -0.348. The van der Waals surface area contributed by atoms with E-state index in [-0.39, 0.29) is 30.4 Å². The Morgan fingerprint density at radius 3 is 2.56 bits per heavy atom. The van der Waals surface area contributed by atoms with Gasteiger partial charge in [0.1, 0.15) is 6.54 Å². The van der Waals surface area contributed by atoms with Gasteiger partial charge in [0.25, 0.3) is 5.91 Å². The van der Waals surface area contributed by atoms with Crippen LogP contribution in [0.1, 0.15) is 35.3 Å². The zero-order valence-corrected chi connectivity index (χ0v) is 20.3. The van der Waals surface area contributed by atoms with E-state index in [0.717, 1.165) is 29.4 Å². The number of ether oxygens (including phenoxy) is 1. The van der Waals surface area contributed by atoms with Crippen LogP contribution in [-0.4, -0.2) is 88.0 Å². The number of nitrogens with zero attached hydrogens (tertiary/aromatic N) is 4. The summed E-state index contributed by atoms with van der Waals surface area (Å²) in [6.45, 7) is 2.98. The Morgan fingerprint density at radius 1 is 0.972 bits per heavy atom. The molecule has 9 heteroatoms. The SMILES string of the molecule is O=C1CCCN1CCCN1C[C@H](OCc2ccccc2)CN(C(=O)c2n[nH]c3ccccc23)CC1=O. The number of benzene rings is 2. The van der Waals surface area contributed by atoms with Crippen LogP contribution in [0.4, 0.5) is 0 Å². The largest absolute Gasteiger partial charge is 0.370 e. The molecule has 0 bridgehead atoms. The standard InChI is InChI=1S/C27H31N5O4/c33-24-12-6-13-30(24)14-7-15-31-16-21(36-19-20-8-2-1-3-9-20)17-32(18-25(31)34)27(35)26-22-10-4-5-11-23(22)28-29-26/h1-5,8-11,21H,6-7,12-19H2,(H,28,29)/t21-/m0/s1. The molecule has 2 aliphatic heterocycles. The van der Waals surface area contributed by atoms with Crippen LogP contribution < -0.4 is 0 Å². The number of para-hydroxylation sites is 1. The van der Waals surface area contributed by atoms with Gasteiger partial charge in [0, 0.05) is 44.5 Å². The first-order valence-corrected chi connectivity index (χ1v) is 12.5. The third-order valence-electron chi connectivity index (χ3n) is 6.84. The normalized spacial score (nSPS) is 18.8. The molecule has 0 unspecified atom stereocenters. The molecule has 3 heterocycles. The number of hydrogen-bond acceptors (Lipinski definition) is 5. The van der Waals surface area contributed by atoms with Crippen LogP contribution in [-0.2, 0) is 20.9 Å². The molecular weight excluding hydrogens is 458 g/mol. The fourth-order valence-electron chi connectivity index (χ4n) is 4.91. The number of aromatic amines is 1. The second-order valence-corrected chi connectivity index (χ2v) is 9.40. The fourth-order valence-corrected chi connectivity index (χ4v) is 4.91.